The molecule has 0 unspecified atom stereocenters. The highest BCUT2D eigenvalue weighted by Gasteiger charge is 2.11. The molecule has 6 heteroatoms. The Hall–Kier alpha value is -2.21. The number of hydrogen-bond acceptors (Lipinski definition) is 5. The smallest absolute Gasteiger partial charge is 0.338 e. The van der Waals surface area contributed by atoms with E-state index in [1.165, 1.54) is 11.3 Å². The molecule has 0 fully saturated rings. The maximum absolute atomic E-state index is 11.8. The van der Waals surface area contributed by atoms with Gasteiger partial charge in [0.1, 0.15) is 5.69 Å². The van der Waals surface area contributed by atoms with Crippen molar-refractivity contribution >= 4 is 28.9 Å². The molecule has 0 saturated heterocycles. The van der Waals surface area contributed by atoms with Crippen LogP contribution in [0.15, 0.2) is 35.2 Å². The van der Waals surface area contributed by atoms with Gasteiger partial charge in [-0.25, -0.2) is 9.78 Å². The van der Waals surface area contributed by atoms with E-state index in [9.17, 15) is 9.59 Å². The summed E-state index contributed by atoms with van der Waals surface area (Å²) in [4.78, 5) is 27.4. The molecule has 104 valence electrons. The van der Waals surface area contributed by atoms with Crippen molar-refractivity contribution in [2.45, 2.75) is 20.0 Å². The second kappa shape index (κ2) is 6.29. The predicted octanol–water partition coefficient (Wildman–Crippen LogP) is 2.96. The second-order valence-corrected chi connectivity index (χ2v) is 5.08. The third kappa shape index (κ3) is 3.64. The molecule has 0 aliphatic heterocycles. The first kappa shape index (κ1) is 14.2. The quantitative estimate of drug-likeness (QED) is 0.879. The Morgan fingerprint density at radius 1 is 1.25 bits per heavy atom. The Bertz CT molecular complexity index is 591. The molecule has 0 atom stereocenters. The lowest BCUT2D eigenvalue weighted by Crippen LogP contribution is -2.13. The van der Waals surface area contributed by atoms with Crippen LogP contribution in [0.25, 0.3) is 0 Å². The predicted molar refractivity (Wildman–Crippen MR) is 77.1 cm³/mol. The Kier molecular flexibility index (Phi) is 4.47. The number of carbonyl (C=O) groups is 2. The van der Waals surface area contributed by atoms with E-state index in [0.29, 0.717) is 16.9 Å². The van der Waals surface area contributed by atoms with Crippen LogP contribution in [0.1, 0.15) is 34.7 Å². The van der Waals surface area contributed by atoms with Gasteiger partial charge < -0.3 is 10.1 Å². The maximum Gasteiger partial charge on any atom is 0.338 e. The van der Waals surface area contributed by atoms with Crippen LogP contribution in [-0.4, -0.2) is 23.0 Å². The number of hydrogen-bond donors (Lipinski definition) is 1. The molecule has 0 bridgehead atoms. The summed E-state index contributed by atoms with van der Waals surface area (Å²) in [7, 11) is 0. The number of anilines is 1. The lowest BCUT2D eigenvalue weighted by atomic mass is 10.2. The third-order valence-electron chi connectivity index (χ3n) is 2.39. The van der Waals surface area contributed by atoms with E-state index in [1.54, 1.807) is 49.0 Å². The lowest BCUT2D eigenvalue weighted by Gasteiger charge is -2.08. The van der Waals surface area contributed by atoms with E-state index < -0.39 is 0 Å². The molecule has 5 nitrogen and oxygen atoms in total. The molecule has 0 aliphatic rings. The molecule has 1 aromatic carbocycles. The van der Waals surface area contributed by atoms with Gasteiger partial charge in [0.05, 0.1) is 17.2 Å². The van der Waals surface area contributed by atoms with Crippen LogP contribution >= 0.6 is 11.3 Å². The average Bonchev–Trinajstić information content (AvgIpc) is 2.92. The summed E-state index contributed by atoms with van der Waals surface area (Å²) >= 11 is 1.36. The van der Waals surface area contributed by atoms with Gasteiger partial charge in [0.15, 0.2) is 0 Å². The molecule has 20 heavy (non-hydrogen) atoms. The number of amides is 1. The monoisotopic (exact) mass is 290 g/mol. The van der Waals surface area contributed by atoms with Crippen LogP contribution in [-0.2, 0) is 4.74 Å². The Morgan fingerprint density at radius 2 is 1.95 bits per heavy atom. The Balaban J connectivity index is 2.01. The van der Waals surface area contributed by atoms with Crippen molar-refractivity contribution in [3.63, 3.8) is 0 Å². The molecule has 1 aromatic heterocycles. The van der Waals surface area contributed by atoms with Gasteiger partial charge in [-0.15, -0.1) is 11.3 Å². The van der Waals surface area contributed by atoms with Gasteiger partial charge in [-0.3, -0.25) is 4.79 Å². The van der Waals surface area contributed by atoms with Crippen molar-refractivity contribution in [2.24, 2.45) is 0 Å². The van der Waals surface area contributed by atoms with Crippen LogP contribution < -0.4 is 5.32 Å². The first-order valence-corrected chi connectivity index (χ1v) is 7.01. The van der Waals surface area contributed by atoms with E-state index in [4.69, 9.17) is 4.74 Å². The second-order valence-electron chi connectivity index (χ2n) is 4.36. The molecule has 0 aliphatic carbocycles. The van der Waals surface area contributed by atoms with E-state index in [-0.39, 0.29) is 18.0 Å². The first-order valence-electron chi connectivity index (χ1n) is 6.07. The summed E-state index contributed by atoms with van der Waals surface area (Å²) < 4.78 is 5.08. The van der Waals surface area contributed by atoms with Crippen molar-refractivity contribution in [1.82, 2.24) is 4.98 Å². The zero-order valence-electron chi connectivity index (χ0n) is 11.1. The van der Waals surface area contributed by atoms with Crippen molar-refractivity contribution in [3.8, 4) is 0 Å². The highest BCUT2D eigenvalue weighted by molar-refractivity contribution is 7.07. The highest BCUT2D eigenvalue weighted by atomic mass is 32.1. The van der Waals surface area contributed by atoms with Crippen LogP contribution in [0.3, 0.4) is 0 Å². The third-order valence-corrected chi connectivity index (χ3v) is 2.97. The van der Waals surface area contributed by atoms with Crippen LogP contribution in [0.4, 0.5) is 5.69 Å². The van der Waals surface area contributed by atoms with Crippen molar-refractivity contribution < 1.29 is 14.3 Å². The fraction of sp³-hybridized carbons (Fsp3) is 0.214. The summed E-state index contributed by atoms with van der Waals surface area (Å²) in [6.45, 7) is 3.58. The number of nitrogens with one attached hydrogen (secondary N) is 1. The molecule has 1 amide bonds. The summed E-state index contributed by atoms with van der Waals surface area (Å²) in [5.41, 5.74) is 3.02. The summed E-state index contributed by atoms with van der Waals surface area (Å²) in [5, 5.41) is 4.37. The number of carbonyl (C=O) groups excluding carboxylic acids is 2. The lowest BCUT2D eigenvalue weighted by molar-refractivity contribution is 0.0378. The summed E-state index contributed by atoms with van der Waals surface area (Å²) in [6.07, 6.45) is -0.161. The van der Waals surface area contributed by atoms with E-state index in [2.05, 4.69) is 10.3 Å². The highest BCUT2D eigenvalue weighted by Crippen LogP contribution is 2.13. The maximum atomic E-state index is 11.8. The molecule has 1 heterocycles. The minimum Gasteiger partial charge on any atom is -0.459 e. The van der Waals surface area contributed by atoms with Crippen LogP contribution in [0, 0.1) is 0 Å². The molecule has 2 rings (SSSR count). The summed E-state index contributed by atoms with van der Waals surface area (Å²) in [6, 6.07) is 6.53. The van der Waals surface area contributed by atoms with Gasteiger partial charge in [-0.2, -0.15) is 0 Å². The number of rotatable bonds is 4. The minimum atomic E-state index is -0.377. The van der Waals surface area contributed by atoms with Crippen molar-refractivity contribution in [1.29, 1.82) is 0 Å². The first-order chi connectivity index (χ1) is 9.56. The van der Waals surface area contributed by atoms with Crippen LogP contribution in [0.2, 0.25) is 0 Å². The fourth-order valence-corrected chi connectivity index (χ4v) is 2.02. The van der Waals surface area contributed by atoms with E-state index >= 15 is 0 Å². The Morgan fingerprint density at radius 3 is 2.50 bits per heavy atom. The summed E-state index contributed by atoms with van der Waals surface area (Å²) in [5.74, 6) is -0.652. The average molecular weight is 290 g/mol. The van der Waals surface area contributed by atoms with E-state index in [1.807, 2.05) is 0 Å². The molecular weight excluding hydrogens is 276 g/mol. The number of benzene rings is 1. The number of esters is 1. The topological polar surface area (TPSA) is 68.3 Å². The fourth-order valence-electron chi connectivity index (χ4n) is 1.49. The van der Waals surface area contributed by atoms with Gasteiger partial charge >= 0.3 is 5.97 Å². The van der Waals surface area contributed by atoms with Crippen molar-refractivity contribution in [3.05, 3.63) is 46.4 Å². The van der Waals surface area contributed by atoms with Gasteiger partial charge in [0.2, 0.25) is 0 Å². The van der Waals surface area contributed by atoms with Gasteiger partial charge in [-0.05, 0) is 38.1 Å². The molecular formula is C14H14N2O3S. The number of aromatic nitrogens is 1. The minimum absolute atomic E-state index is 0.161. The number of thiazole rings is 1. The molecule has 2 aromatic rings. The van der Waals surface area contributed by atoms with Gasteiger partial charge in [0.25, 0.3) is 5.91 Å². The molecule has 0 radical (unpaired) electrons. The molecule has 1 N–H and O–H groups in total. The standard InChI is InChI=1S/C14H14N2O3S/c1-9(2)19-14(18)10-3-5-11(6-4-10)16-13(17)12-7-20-8-15-12/h3-9H,1-2H3,(H,16,17). The molecule has 0 saturated carbocycles. The SMILES string of the molecule is CC(C)OC(=O)c1ccc(NC(=O)c2cscn2)cc1. The number of ether oxygens (including phenoxy) is 1. The van der Waals surface area contributed by atoms with Crippen LogP contribution in [0.5, 0.6) is 0 Å². The largest absolute Gasteiger partial charge is 0.459 e. The molecule has 0 spiro atoms. The van der Waals surface area contributed by atoms with Gasteiger partial charge in [0, 0.05) is 11.1 Å². The number of nitrogens with zero attached hydrogens (tertiary/aromatic N) is 1. The van der Waals surface area contributed by atoms with Crippen molar-refractivity contribution in [2.75, 3.05) is 5.32 Å². The Labute approximate surface area is 120 Å². The normalized spacial score (nSPS) is 10.3. The zero-order chi connectivity index (χ0) is 14.5. The van der Waals surface area contributed by atoms with E-state index in [0.717, 1.165) is 0 Å². The van der Waals surface area contributed by atoms with Gasteiger partial charge in [-0.1, -0.05) is 0 Å². The zero-order valence-corrected chi connectivity index (χ0v) is 11.9.